The van der Waals surface area contributed by atoms with E-state index in [1.54, 1.807) is 23.2 Å². The van der Waals surface area contributed by atoms with Crippen LogP contribution in [0.1, 0.15) is 32.8 Å². The molecule has 4 heterocycles. The highest BCUT2D eigenvalue weighted by Crippen LogP contribution is 2.34. The molecule has 2 aliphatic heterocycles. The molecule has 5 rings (SSSR count). The Bertz CT molecular complexity index is 1220. The standard InChI is InChI=1S/C22H19ClFN5O3S/c23-17-3-1-2-16(19(17)24)20(30)29-11-14-8-15(29)10-28(14)9-13-6-12(21(31)32)7-18(26-13)27-22-25-4-5-33-22/h1-7,14-15H,8-11H2,(H,31,32)(H,25,26,27)/t14-,15-/m1/s1. The largest absolute Gasteiger partial charge is 0.478 e. The van der Waals surface area contributed by atoms with Gasteiger partial charge in [0.25, 0.3) is 5.91 Å². The Kier molecular flexibility index (Phi) is 5.73. The van der Waals surface area contributed by atoms with Crippen molar-refractivity contribution in [3.63, 3.8) is 0 Å². The number of carbonyl (C=O) groups excluding carboxylic acids is 1. The van der Waals surface area contributed by atoms with Gasteiger partial charge in [0, 0.05) is 43.3 Å². The first-order valence-electron chi connectivity index (χ1n) is 10.3. The Hall–Kier alpha value is -3.08. The van der Waals surface area contributed by atoms with Crippen molar-refractivity contribution < 1.29 is 19.1 Å². The fourth-order valence-electron chi connectivity index (χ4n) is 4.47. The number of nitrogens with zero attached hydrogens (tertiary/aromatic N) is 4. The van der Waals surface area contributed by atoms with Crippen molar-refractivity contribution in [2.75, 3.05) is 18.4 Å². The number of benzene rings is 1. The normalized spacial score (nSPS) is 19.8. The lowest BCUT2D eigenvalue weighted by Crippen LogP contribution is -2.48. The highest BCUT2D eigenvalue weighted by Gasteiger charge is 2.45. The summed E-state index contributed by atoms with van der Waals surface area (Å²) >= 11 is 7.23. The lowest BCUT2D eigenvalue weighted by molar-refractivity contribution is 0.0608. The summed E-state index contributed by atoms with van der Waals surface area (Å²) in [6.07, 6.45) is 2.43. The molecule has 2 fully saturated rings. The number of anilines is 2. The minimum Gasteiger partial charge on any atom is -0.478 e. The fourth-order valence-corrected chi connectivity index (χ4v) is 5.18. The minimum absolute atomic E-state index is 0.0182. The highest BCUT2D eigenvalue weighted by atomic mass is 35.5. The average Bonchev–Trinajstić information content (AvgIpc) is 3.53. The van der Waals surface area contributed by atoms with Gasteiger partial charge >= 0.3 is 5.97 Å². The number of nitrogens with one attached hydrogen (secondary N) is 1. The zero-order valence-electron chi connectivity index (χ0n) is 17.2. The Morgan fingerprint density at radius 3 is 2.82 bits per heavy atom. The molecule has 2 aliphatic rings. The van der Waals surface area contributed by atoms with E-state index in [0.29, 0.717) is 36.3 Å². The van der Waals surface area contributed by atoms with Crippen LogP contribution >= 0.6 is 22.9 Å². The number of rotatable bonds is 6. The van der Waals surface area contributed by atoms with Gasteiger partial charge in [-0.1, -0.05) is 17.7 Å². The van der Waals surface area contributed by atoms with Crippen LogP contribution in [0.25, 0.3) is 0 Å². The van der Waals surface area contributed by atoms with Crippen LogP contribution in [-0.4, -0.2) is 61.9 Å². The molecular weight excluding hydrogens is 469 g/mol. The zero-order chi connectivity index (χ0) is 23.1. The predicted octanol–water partition coefficient (Wildman–Crippen LogP) is 3.87. The number of thiazole rings is 1. The van der Waals surface area contributed by atoms with Gasteiger partial charge in [-0.25, -0.2) is 19.2 Å². The number of aromatic carboxylic acids is 1. The first kappa shape index (κ1) is 21.7. The highest BCUT2D eigenvalue weighted by molar-refractivity contribution is 7.13. The second-order valence-corrected chi connectivity index (χ2v) is 9.33. The second-order valence-electron chi connectivity index (χ2n) is 8.03. The van der Waals surface area contributed by atoms with Crippen LogP contribution in [-0.2, 0) is 6.54 Å². The maximum Gasteiger partial charge on any atom is 0.335 e. The van der Waals surface area contributed by atoms with Gasteiger partial charge in [-0.3, -0.25) is 9.69 Å². The number of fused-ring (bicyclic) bond motifs is 2. The van der Waals surface area contributed by atoms with Crippen molar-refractivity contribution in [2.45, 2.75) is 25.0 Å². The lowest BCUT2D eigenvalue weighted by Gasteiger charge is -2.34. The predicted molar refractivity (Wildman–Crippen MR) is 122 cm³/mol. The van der Waals surface area contributed by atoms with Gasteiger partial charge in [-0.2, -0.15) is 0 Å². The molecule has 2 atom stereocenters. The summed E-state index contributed by atoms with van der Waals surface area (Å²) in [5.74, 6) is -1.68. The van der Waals surface area contributed by atoms with Crippen LogP contribution in [0, 0.1) is 5.82 Å². The fraction of sp³-hybridized carbons (Fsp3) is 0.273. The molecule has 1 amide bonds. The Morgan fingerprint density at radius 2 is 2.12 bits per heavy atom. The molecule has 8 nitrogen and oxygen atoms in total. The third kappa shape index (κ3) is 4.29. The summed E-state index contributed by atoms with van der Waals surface area (Å²) in [7, 11) is 0. The van der Waals surface area contributed by atoms with Crippen LogP contribution in [0.4, 0.5) is 15.3 Å². The number of amides is 1. The molecule has 3 aromatic rings. The van der Waals surface area contributed by atoms with E-state index in [9.17, 15) is 19.1 Å². The maximum absolute atomic E-state index is 14.3. The molecule has 33 heavy (non-hydrogen) atoms. The maximum atomic E-state index is 14.3. The van der Waals surface area contributed by atoms with Crippen LogP contribution in [0.5, 0.6) is 0 Å². The van der Waals surface area contributed by atoms with E-state index in [1.807, 2.05) is 5.38 Å². The summed E-state index contributed by atoms with van der Waals surface area (Å²) in [5.41, 5.74) is 0.729. The van der Waals surface area contributed by atoms with Crippen molar-refractivity contribution in [2.24, 2.45) is 0 Å². The number of aromatic nitrogens is 2. The molecule has 0 saturated carbocycles. The van der Waals surface area contributed by atoms with E-state index in [-0.39, 0.29) is 34.1 Å². The van der Waals surface area contributed by atoms with Crippen LogP contribution in [0.2, 0.25) is 5.02 Å². The quantitative estimate of drug-likeness (QED) is 0.544. The Morgan fingerprint density at radius 1 is 1.27 bits per heavy atom. The zero-order valence-corrected chi connectivity index (χ0v) is 18.8. The van der Waals surface area contributed by atoms with Gasteiger partial charge < -0.3 is 15.3 Å². The number of hydrogen-bond donors (Lipinski definition) is 2. The second kappa shape index (κ2) is 8.69. The molecule has 0 spiro atoms. The summed E-state index contributed by atoms with van der Waals surface area (Å²) in [5, 5.41) is 14.9. The SMILES string of the molecule is O=C(O)c1cc(CN2C[C@H]3C[C@@H]2CN3C(=O)c2cccc(Cl)c2F)nc(Nc2nccs2)c1. The van der Waals surface area contributed by atoms with Crippen molar-refractivity contribution >= 4 is 45.8 Å². The van der Waals surface area contributed by atoms with Crippen LogP contribution < -0.4 is 5.32 Å². The Labute approximate surface area is 197 Å². The number of carboxylic acid groups (broad SMARTS) is 1. The summed E-state index contributed by atoms with van der Waals surface area (Å²) in [6.45, 7) is 1.52. The molecule has 2 bridgehead atoms. The van der Waals surface area contributed by atoms with Gasteiger partial charge in [-0.15, -0.1) is 11.3 Å². The number of carboxylic acids is 1. The van der Waals surface area contributed by atoms with E-state index in [1.165, 1.54) is 29.5 Å². The summed E-state index contributed by atoms with van der Waals surface area (Å²) in [4.78, 5) is 37.1. The molecule has 2 N–H and O–H groups in total. The van der Waals surface area contributed by atoms with Gasteiger partial charge in [0.15, 0.2) is 10.9 Å². The van der Waals surface area contributed by atoms with E-state index in [4.69, 9.17) is 11.6 Å². The smallest absolute Gasteiger partial charge is 0.335 e. The van der Waals surface area contributed by atoms with E-state index >= 15 is 0 Å². The number of hydrogen-bond acceptors (Lipinski definition) is 7. The van der Waals surface area contributed by atoms with E-state index < -0.39 is 11.8 Å². The number of halogens is 2. The molecule has 2 aromatic heterocycles. The van der Waals surface area contributed by atoms with Crippen molar-refractivity contribution in [3.8, 4) is 0 Å². The van der Waals surface area contributed by atoms with Crippen molar-refractivity contribution in [3.05, 3.63) is 69.6 Å². The monoisotopic (exact) mass is 487 g/mol. The number of carbonyl (C=O) groups is 2. The van der Waals surface area contributed by atoms with Gasteiger partial charge in [0.2, 0.25) is 0 Å². The molecular formula is C22H19ClFN5O3S. The number of piperazine rings is 1. The summed E-state index contributed by atoms with van der Waals surface area (Å²) in [6, 6.07) is 7.52. The van der Waals surface area contributed by atoms with E-state index in [2.05, 4.69) is 20.2 Å². The van der Waals surface area contributed by atoms with Crippen molar-refractivity contribution in [1.82, 2.24) is 19.8 Å². The molecule has 0 radical (unpaired) electrons. The van der Waals surface area contributed by atoms with Crippen LogP contribution in [0.15, 0.2) is 41.9 Å². The van der Waals surface area contributed by atoms with Gasteiger partial charge in [0.1, 0.15) is 5.82 Å². The molecule has 170 valence electrons. The molecule has 1 aromatic carbocycles. The first-order chi connectivity index (χ1) is 15.9. The topological polar surface area (TPSA) is 98.7 Å². The third-order valence-electron chi connectivity index (χ3n) is 5.95. The Balaban J connectivity index is 1.30. The molecule has 11 heteroatoms. The lowest BCUT2D eigenvalue weighted by atomic mass is 10.1. The summed E-state index contributed by atoms with van der Waals surface area (Å²) < 4.78 is 14.3. The van der Waals surface area contributed by atoms with E-state index in [0.717, 1.165) is 6.42 Å². The van der Waals surface area contributed by atoms with Gasteiger partial charge in [-0.05, 0) is 30.7 Å². The molecule has 0 unspecified atom stereocenters. The minimum atomic E-state index is -1.04. The third-order valence-corrected chi connectivity index (χ3v) is 6.94. The first-order valence-corrected chi connectivity index (χ1v) is 11.5. The molecule has 0 aliphatic carbocycles. The number of pyridine rings is 1. The van der Waals surface area contributed by atoms with Crippen LogP contribution in [0.3, 0.4) is 0 Å². The van der Waals surface area contributed by atoms with Gasteiger partial charge in [0.05, 0.1) is 21.8 Å². The average molecular weight is 488 g/mol. The van der Waals surface area contributed by atoms with Crippen molar-refractivity contribution in [1.29, 1.82) is 0 Å². The number of likely N-dealkylation sites (tertiary alicyclic amines) is 2. The molecule has 2 saturated heterocycles.